The third-order valence-corrected chi connectivity index (χ3v) is 5.28. The highest BCUT2D eigenvalue weighted by Gasteiger charge is 2.30. The number of benzene rings is 1. The van der Waals surface area contributed by atoms with Crippen molar-refractivity contribution in [1.82, 2.24) is 20.0 Å². The molecule has 2 amide bonds. The molecule has 1 aromatic heterocycles. The average Bonchev–Trinajstić information content (AvgIpc) is 3.44. The molecule has 0 atom stereocenters. The summed E-state index contributed by atoms with van der Waals surface area (Å²) in [6.45, 7) is 1.29. The number of hydrogen-bond acceptors (Lipinski definition) is 3. The van der Waals surface area contributed by atoms with Crippen LogP contribution in [0.1, 0.15) is 58.1 Å². The molecule has 2 heterocycles. The summed E-state index contributed by atoms with van der Waals surface area (Å²) in [5, 5.41) is 7.48. The van der Waals surface area contributed by atoms with Gasteiger partial charge in [-0.3, -0.25) is 14.3 Å². The SMILES string of the molecule is Cn1nc(C(=O)N2CCC(NC(=O)c3ccccc3)CC2)cc1C1CC1. The first-order valence-corrected chi connectivity index (χ1v) is 9.31. The molecule has 1 aromatic carbocycles. The zero-order chi connectivity index (χ0) is 18.1. The van der Waals surface area contributed by atoms with E-state index in [4.69, 9.17) is 0 Å². The molecule has 1 aliphatic carbocycles. The lowest BCUT2D eigenvalue weighted by Crippen LogP contribution is -2.46. The van der Waals surface area contributed by atoms with Gasteiger partial charge in [0.1, 0.15) is 0 Å². The number of carbonyl (C=O) groups excluding carboxylic acids is 2. The Hall–Kier alpha value is -2.63. The van der Waals surface area contributed by atoms with E-state index < -0.39 is 0 Å². The summed E-state index contributed by atoms with van der Waals surface area (Å²) in [5.41, 5.74) is 2.38. The van der Waals surface area contributed by atoms with Gasteiger partial charge in [-0.2, -0.15) is 5.10 Å². The van der Waals surface area contributed by atoms with E-state index in [0.29, 0.717) is 30.3 Å². The zero-order valence-electron chi connectivity index (χ0n) is 15.0. The highest BCUT2D eigenvalue weighted by molar-refractivity contribution is 5.94. The Kier molecular flexibility index (Phi) is 4.49. The Labute approximate surface area is 153 Å². The lowest BCUT2D eigenvalue weighted by Gasteiger charge is -2.32. The van der Waals surface area contributed by atoms with Crippen molar-refractivity contribution in [3.05, 3.63) is 53.3 Å². The van der Waals surface area contributed by atoms with Gasteiger partial charge in [-0.15, -0.1) is 0 Å². The quantitative estimate of drug-likeness (QED) is 0.918. The predicted molar refractivity (Wildman–Crippen MR) is 98.0 cm³/mol. The van der Waals surface area contributed by atoms with Crippen LogP contribution in [0.15, 0.2) is 36.4 Å². The Morgan fingerprint density at radius 1 is 1.08 bits per heavy atom. The minimum absolute atomic E-state index is 0.000311. The highest BCUT2D eigenvalue weighted by atomic mass is 16.2. The maximum Gasteiger partial charge on any atom is 0.274 e. The number of piperidine rings is 1. The summed E-state index contributed by atoms with van der Waals surface area (Å²) in [6.07, 6.45) is 3.93. The van der Waals surface area contributed by atoms with Gasteiger partial charge >= 0.3 is 0 Å². The summed E-state index contributed by atoms with van der Waals surface area (Å²) in [7, 11) is 1.91. The van der Waals surface area contributed by atoms with Crippen LogP contribution in [-0.4, -0.2) is 45.6 Å². The van der Waals surface area contributed by atoms with Crippen molar-refractivity contribution in [3.63, 3.8) is 0 Å². The molecule has 0 unspecified atom stereocenters. The number of amides is 2. The largest absolute Gasteiger partial charge is 0.349 e. The van der Waals surface area contributed by atoms with Crippen LogP contribution in [0.2, 0.25) is 0 Å². The van der Waals surface area contributed by atoms with Gasteiger partial charge < -0.3 is 10.2 Å². The first kappa shape index (κ1) is 16.8. The molecule has 4 rings (SSSR count). The van der Waals surface area contributed by atoms with Crippen LogP contribution >= 0.6 is 0 Å². The molecule has 0 spiro atoms. The van der Waals surface area contributed by atoms with Gasteiger partial charge in [-0.1, -0.05) is 18.2 Å². The van der Waals surface area contributed by atoms with E-state index in [0.717, 1.165) is 12.8 Å². The van der Waals surface area contributed by atoms with Crippen molar-refractivity contribution in [2.75, 3.05) is 13.1 Å². The molecule has 1 aliphatic heterocycles. The standard InChI is InChI=1S/C20H24N4O2/c1-23-18(14-7-8-14)13-17(22-23)20(26)24-11-9-16(10-12-24)21-19(25)15-5-3-2-4-6-15/h2-6,13-14,16H,7-12H2,1H3,(H,21,25). The van der Waals surface area contributed by atoms with Crippen molar-refractivity contribution in [2.45, 2.75) is 37.6 Å². The van der Waals surface area contributed by atoms with Crippen LogP contribution in [0.5, 0.6) is 0 Å². The second-order valence-corrected chi connectivity index (χ2v) is 7.26. The molecule has 26 heavy (non-hydrogen) atoms. The molecule has 0 radical (unpaired) electrons. The van der Waals surface area contributed by atoms with E-state index in [1.807, 2.05) is 53.0 Å². The molecule has 2 fully saturated rings. The monoisotopic (exact) mass is 352 g/mol. The van der Waals surface area contributed by atoms with Crippen molar-refractivity contribution in [2.24, 2.45) is 7.05 Å². The molecule has 2 aromatic rings. The molecule has 1 saturated heterocycles. The topological polar surface area (TPSA) is 67.2 Å². The minimum Gasteiger partial charge on any atom is -0.349 e. The van der Waals surface area contributed by atoms with Crippen LogP contribution in [0.3, 0.4) is 0 Å². The number of carbonyl (C=O) groups is 2. The predicted octanol–water partition coefficient (Wildman–Crippen LogP) is 2.33. The van der Waals surface area contributed by atoms with Gasteiger partial charge in [0.25, 0.3) is 11.8 Å². The fourth-order valence-electron chi connectivity index (χ4n) is 3.59. The van der Waals surface area contributed by atoms with Crippen molar-refractivity contribution >= 4 is 11.8 Å². The lowest BCUT2D eigenvalue weighted by atomic mass is 10.0. The number of likely N-dealkylation sites (tertiary alicyclic amines) is 1. The molecule has 0 bridgehead atoms. The summed E-state index contributed by atoms with van der Waals surface area (Å²) < 4.78 is 1.84. The number of hydrogen-bond donors (Lipinski definition) is 1. The second-order valence-electron chi connectivity index (χ2n) is 7.26. The maximum absolute atomic E-state index is 12.7. The minimum atomic E-state index is -0.0471. The maximum atomic E-state index is 12.7. The van der Waals surface area contributed by atoms with Gasteiger partial charge in [-0.05, 0) is 43.9 Å². The fourth-order valence-corrected chi connectivity index (χ4v) is 3.59. The molecule has 6 nitrogen and oxygen atoms in total. The number of nitrogens with zero attached hydrogens (tertiary/aromatic N) is 3. The van der Waals surface area contributed by atoms with E-state index in [1.165, 1.54) is 18.5 Å². The van der Waals surface area contributed by atoms with E-state index in [-0.39, 0.29) is 17.9 Å². The van der Waals surface area contributed by atoms with Crippen LogP contribution in [0.25, 0.3) is 0 Å². The molecular weight excluding hydrogens is 328 g/mol. The fraction of sp³-hybridized carbons (Fsp3) is 0.450. The molecule has 1 N–H and O–H groups in total. The number of rotatable bonds is 4. The van der Waals surface area contributed by atoms with Crippen LogP contribution in [0, 0.1) is 0 Å². The third kappa shape index (κ3) is 3.49. The third-order valence-electron chi connectivity index (χ3n) is 5.28. The first-order chi connectivity index (χ1) is 12.6. The van der Waals surface area contributed by atoms with Crippen molar-refractivity contribution in [3.8, 4) is 0 Å². The lowest BCUT2D eigenvalue weighted by molar-refractivity contribution is 0.0691. The smallest absolute Gasteiger partial charge is 0.274 e. The molecule has 1 saturated carbocycles. The summed E-state index contributed by atoms with van der Waals surface area (Å²) in [5.74, 6) is 0.530. The van der Waals surface area contributed by atoms with Crippen molar-refractivity contribution in [1.29, 1.82) is 0 Å². The molecular formula is C20H24N4O2. The average molecular weight is 352 g/mol. The highest BCUT2D eigenvalue weighted by Crippen LogP contribution is 2.40. The normalized spacial score (nSPS) is 18.0. The van der Waals surface area contributed by atoms with E-state index in [9.17, 15) is 9.59 Å². The number of nitrogens with one attached hydrogen (secondary N) is 1. The molecule has 6 heteroatoms. The summed E-state index contributed by atoms with van der Waals surface area (Å²) in [4.78, 5) is 26.8. The van der Waals surface area contributed by atoms with Gasteiger partial charge in [0.05, 0.1) is 0 Å². The van der Waals surface area contributed by atoms with Crippen LogP contribution in [-0.2, 0) is 7.05 Å². The Bertz CT molecular complexity index is 802. The van der Waals surface area contributed by atoms with Crippen LogP contribution in [0.4, 0.5) is 0 Å². The van der Waals surface area contributed by atoms with E-state index >= 15 is 0 Å². The number of aromatic nitrogens is 2. The summed E-state index contributed by atoms with van der Waals surface area (Å²) in [6, 6.07) is 11.3. The van der Waals surface area contributed by atoms with Gasteiger partial charge in [0.15, 0.2) is 5.69 Å². The van der Waals surface area contributed by atoms with Crippen molar-refractivity contribution < 1.29 is 9.59 Å². The Balaban J connectivity index is 1.32. The first-order valence-electron chi connectivity index (χ1n) is 9.31. The molecule has 2 aliphatic rings. The van der Waals surface area contributed by atoms with Gasteiger partial charge in [-0.25, -0.2) is 0 Å². The van der Waals surface area contributed by atoms with Crippen LogP contribution < -0.4 is 5.32 Å². The van der Waals surface area contributed by atoms with Gasteiger partial charge in [0.2, 0.25) is 0 Å². The Morgan fingerprint density at radius 3 is 2.42 bits per heavy atom. The second kappa shape index (κ2) is 6.94. The van der Waals surface area contributed by atoms with E-state index in [2.05, 4.69) is 10.4 Å². The van der Waals surface area contributed by atoms with E-state index in [1.54, 1.807) is 0 Å². The molecule has 136 valence electrons. The van der Waals surface area contributed by atoms with Gasteiger partial charge in [0, 0.05) is 43.4 Å². The zero-order valence-corrected chi connectivity index (χ0v) is 15.0. The summed E-state index contributed by atoms with van der Waals surface area (Å²) >= 11 is 0. The number of aryl methyl sites for hydroxylation is 1. The Morgan fingerprint density at radius 2 is 1.77 bits per heavy atom.